The minimum Gasteiger partial charge on any atom is -0.408 e. The van der Waals surface area contributed by atoms with Crippen molar-refractivity contribution in [2.45, 2.75) is 38.7 Å². The fourth-order valence-electron chi connectivity index (χ4n) is 0.951. The Balaban J connectivity index is 3.75. The lowest BCUT2D eigenvalue weighted by molar-refractivity contribution is -0.155. The average molecular weight is 200 g/mol. The SMILES string of the molecule is CCC[Si](C)(C)OCC(F)(F)F. The number of halogens is 3. The molecule has 74 valence electrons. The second-order valence-corrected chi connectivity index (χ2v) is 7.72. The van der Waals surface area contributed by atoms with Gasteiger partial charge in [-0.2, -0.15) is 13.2 Å². The summed E-state index contributed by atoms with van der Waals surface area (Å²) in [6.07, 6.45) is -3.30. The number of alkyl halides is 3. The molecule has 0 bridgehead atoms. The summed E-state index contributed by atoms with van der Waals surface area (Å²) in [6, 6.07) is 0.781. The van der Waals surface area contributed by atoms with E-state index in [0.29, 0.717) is 0 Å². The largest absolute Gasteiger partial charge is 0.410 e. The summed E-state index contributed by atoms with van der Waals surface area (Å²) >= 11 is 0. The molecule has 0 aliphatic carbocycles. The summed E-state index contributed by atoms with van der Waals surface area (Å²) in [5.41, 5.74) is 0. The molecule has 0 aromatic heterocycles. The van der Waals surface area contributed by atoms with Crippen molar-refractivity contribution in [1.82, 2.24) is 0 Å². The van der Waals surface area contributed by atoms with Crippen LogP contribution in [0.15, 0.2) is 0 Å². The van der Waals surface area contributed by atoms with Crippen LogP contribution in [0.25, 0.3) is 0 Å². The Labute approximate surface area is 72.0 Å². The first-order chi connectivity index (χ1) is 5.27. The van der Waals surface area contributed by atoms with Crippen molar-refractivity contribution >= 4 is 8.32 Å². The lowest BCUT2D eigenvalue weighted by Crippen LogP contribution is -2.34. The molecule has 1 nitrogen and oxygen atoms in total. The van der Waals surface area contributed by atoms with Crippen molar-refractivity contribution < 1.29 is 17.6 Å². The van der Waals surface area contributed by atoms with E-state index >= 15 is 0 Å². The van der Waals surface area contributed by atoms with Crippen LogP contribution in [0, 0.1) is 0 Å². The number of hydrogen-bond donors (Lipinski definition) is 0. The maximum atomic E-state index is 11.7. The van der Waals surface area contributed by atoms with Gasteiger partial charge in [0.2, 0.25) is 0 Å². The lowest BCUT2D eigenvalue weighted by Gasteiger charge is -2.22. The van der Waals surface area contributed by atoms with Crippen molar-refractivity contribution in [2.24, 2.45) is 0 Å². The van der Waals surface area contributed by atoms with Crippen LogP contribution >= 0.6 is 0 Å². The minimum absolute atomic E-state index is 0.781. The lowest BCUT2D eigenvalue weighted by atomic mass is 10.6. The Hall–Kier alpha value is -0.0331. The minimum atomic E-state index is -4.18. The first-order valence-corrected chi connectivity index (χ1v) is 7.09. The quantitative estimate of drug-likeness (QED) is 0.633. The molecule has 0 unspecified atom stereocenters. The summed E-state index contributed by atoms with van der Waals surface area (Å²) in [5, 5.41) is 0. The van der Waals surface area contributed by atoms with E-state index in [1.807, 2.05) is 20.0 Å². The summed E-state index contributed by atoms with van der Waals surface area (Å²) in [7, 11) is -2.03. The molecule has 0 aromatic rings. The normalized spacial score (nSPS) is 13.5. The zero-order valence-corrected chi connectivity index (χ0v) is 8.66. The van der Waals surface area contributed by atoms with Crippen molar-refractivity contribution in [3.8, 4) is 0 Å². The Morgan fingerprint density at radius 3 is 2.08 bits per heavy atom. The van der Waals surface area contributed by atoms with E-state index in [1.165, 1.54) is 0 Å². The third-order valence-electron chi connectivity index (χ3n) is 1.48. The molecule has 0 saturated carbocycles. The Kier molecular flexibility index (Phi) is 4.26. The molecular formula is C7H15F3OSi. The first kappa shape index (κ1) is 12.0. The van der Waals surface area contributed by atoms with Crippen LogP contribution in [-0.2, 0) is 4.43 Å². The van der Waals surface area contributed by atoms with E-state index in [4.69, 9.17) is 4.43 Å². The monoisotopic (exact) mass is 200 g/mol. The van der Waals surface area contributed by atoms with Crippen LogP contribution in [0.1, 0.15) is 13.3 Å². The molecule has 0 radical (unpaired) electrons. The van der Waals surface area contributed by atoms with Gasteiger partial charge in [-0.05, 0) is 19.1 Å². The van der Waals surface area contributed by atoms with Crippen molar-refractivity contribution in [3.63, 3.8) is 0 Å². The van der Waals surface area contributed by atoms with Gasteiger partial charge in [0.25, 0.3) is 0 Å². The zero-order valence-electron chi connectivity index (χ0n) is 7.66. The summed E-state index contributed by atoms with van der Waals surface area (Å²) < 4.78 is 40.0. The highest BCUT2D eigenvalue weighted by atomic mass is 28.4. The van der Waals surface area contributed by atoms with E-state index < -0.39 is 21.1 Å². The van der Waals surface area contributed by atoms with Gasteiger partial charge in [0.05, 0.1) is 0 Å². The highest BCUT2D eigenvalue weighted by molar-refractivity contribution is 6.71. The van der Waals surface area contributed by atoms with Gasteiger partial charge in [-0.3, -0.25) is 0 Å². The standard InChI is InChI=1S/C7H15F3OSi/c1-4-5-12(2,3)11-6-7(8,9)10/h4-6H2,1-3H3. The van der Waals surface area contributed by atoms with Crippen LogP contribution in [-0.4, -0.2) is 21.1 Å². The Morgan fingerprint density at radius 2 is 1.75 bits per heavy atom. The molecule has 0 spiro atoms. The maximum absolute atomic E-state index is 11.7. The fraction of sp³-hybridized carbons (Fsp3) is 1.00. The summed E-state index contributed by atoms with van der Waals surface area (Å²) in [4.78, 5) is 0. The van der Waals surface area contributed by atoms with Gasteiger partial charge in [-0.1, -0.05) is 13.3 Å². The van der Waals surface area contributed by atoms with Crippen LogP contribution < -0.4 is 0 Å². The van der Waals surface area contributed by atoms with E-state index in [1.54, 1.807) is 0 Å². The highest BCUT2D eigenvalue weighted by Gasteiger charge is 2.32. The van der Waals surface area contributed by atoms with Crippen LogP contribution in [0.2, 0.25) is 19.1 Å². The Bertz CT molecular complexity index is 133. The van der Waals surface area contributed by atoms with E-state index in [-0.39, 0.29) is 0 Å². The second kappa shape index (κ2) is 4.27. The van der Waals surface area contributed by atoms with Gasteiger partial charge in [0.1, 0.15) is 6.61 Å². The molecule has 0 N–H and O–H groups in total. The van der Waals surface area contributed by atoms with Crippen LogP contribution in [0.5, 0.6) is 0 Å². The van der Waals surface area contributed by atoms with E-state index in [0.717, 1.165) is 12.5 Å². The third kappa shape index (κ3) is 6.66. The third-order valence-corrected chi connectivity index (χ3v) is 4.11. The van der Waals surface area contributed by atoms with Crippen molar-refractivity contribution in [3.05, 3.63) is 0 Å². The molecule has 0 heterocycles. The topological polar surface area (TPSA) is 9.23 Å². The molecule has 0 aliphatic rings. The molecule has 0 rings (SSSR count). The Morgan fingerprint density at radius 1 is 1.25 bits per heavy atom. The van der Waals surface area contributed by atoms with Gasteiger partial charge >= 0.3 is 6.18 Å². The van der Waals surface area contributed by atoms with Gasteiger partial charge in [0.15, 0.2) is 8.32 Å². The van der Waals surface area contributed by atoms with Crippen LogP contribution in [0.4, 0.5) is 13.2 Å². The van der Waals surface area contributed by atoms with Crippen molar-refractivity contribution in [2.75, 3.05) is 6.61 Å². The zero-order chi connectivity index (χ0) is 9.83. The molecule has 0 saturated heterocycles. The molecular weight excluding hydrogens is 185 g/mol. The molecule has 0 aromatic carbocycles. The van der Waals surface area contributed by atoms with Gasteiger partial charge in [0, 0.05) is 0 Å². The maximum Gasteiger partial charge on any atom is 0.410 e. The summed E-state index contributed by atoms with van der Waals surface area (Å²) in [6.45, 7) is 4.47. The van der Waals surface area contributed by atoms with Crippen molar-refractivity contribution in [1.29, 1.82) is 0 Å². The van der Waals surface area contributed by atoms with E-state index in [2.05, 4.69) is 0 Å². The summed E-state index contributed by atoms with van der Waals surface area (Å²) in [5.74, 6) is 0. The van der Waals surface area contributed by atoms with E-state index in [9.17, 15) is 13.2 Å². The molecule has 12 heavy (non-hydrogen) atoms. The fourth-order valence-corrected chi connectivity index (χ4v) is 2.85. The van der Waals surface area contributed by atoms with Crippen LogP contribution in [0.3, 0.4) is 0 Å². The van der Waals surface area contributed by atoms with Gasteiger partial charge in [-0.25, -0.2) is 0 Å². The second-order valence-electron chi connectivity index (χ2n) is 3.41. The highest BCUT2D eigenvalue weighted by Crippen LogP contribution is 2.20. The van der Waals surface area contributed by atoms with Gasteiger partial charge < -0.3 is 4.43 Å². The average Bonchev–Trinajstić information content (AvgIpc) is 1.83. The molecule has 0 fully saturated rings. The van der Waals surface area contributed by atoms with Gasteiger partial charge in [-0.15, -0.1) is 0 Å². The predicted molar refractivity (Wildman–Crippen MR) is 44.6 cm³/mol. The number of rotatable bonds is 4. The molecule has 0 aliphatic heterocycles. The predicted octanol–water partition coefficient (Wildman–Crippen LogP) is 3.18. The molecule has 5 heteroatoms. The number of hydrogen-bond acceptors (Lipinski definition) is 1. The first-order valence-electron chi connectivity index (χ1n) is 3.97. The molecule has 0 amide bonds. The smallest absolute Gasteiger partial charge is 0.408 e. The molecule has 0 atom stereocenters.